The minimum Gasteiger partial charge on any atom is -0.308 e. The largest absolute Gasteiger partial charge is 0.308 e. The molecule has 0 saturated heterocycles. The molecule has 0 spiro atoms. The van der Waals surface area contributed by atoms with Crippen LogP contribution in [0.4, 0.5) is 4.39 Å². The molecule has 18 heavy (non-hydrogen) atoms. The Morgan fingerprint density at radius 3 is 2.50 bits per heavy atom. The highest BCUT2D eigenvalue weighted by atomic mass is 19.1. The zero-order valence-electron chi connectivity index (χ0n) is 12.1. The second-order valence-corrected chi connectivity index (χ2v) is 5.77. The minimum atomic E-state index is -0.136. The molecule has 0 unspecified atom stereocenters. The van der Waals surface area contributed by atoms with Gasteiger partial charge in [0.05, 0.1) is 0 Å². The first kappa shape index (κ1) is 14.9. The quantitative estimate of drug-likeness (QED) is 0.838. The Labute approximate surface area is 110 Å². The number of nitrogens with one attached hydrogen (secondary N) is 1. The van der Waals surface area contributed by atoms with Crippen molar-refractivity contribution in [3.63, 3.8) is 0 Å². The molecular formula is C16H24FN. The molecule has 1 N–H and O–H groups in total. The first-order valence-corrected chi connectivity index (χ1v) is 6.52. The van der Waals surface area contributed by atoms with Gasteiger partial charge in [0.2, 0.25) is 0 Å². The SMILES string of the molecule is CCC(=Cc1ccc(C)c(F)c1)CNC(C)(C)C. The molecule has 0 amide bonds. The van der Waals surface area contributed by atoms with Gasteiger partial charge in [-0.1, -0.05) is 30.7 Å². The summed E-state index contributed by atoms with van der Waals surface area (Å²) in [4.78, 5) is 0. The van der Waals surface area contributed by atoms with Gasteiger partial charge in [0, 0.05) is 12.1 Å². The van der Waals surface area contributed by atoms with E-state index in [0.29, 0.717) is 5.56 Å². The van der Waals surface area contributed by atoms with E-state index in [9.17, 15) is 4.39 Å². The Kier molecular flexibility index (Phi) is 5.09. The molecule has 1 aromatic carbocycles. The molecular weight excluding hydrogens is 225 g/mol. The van der Waals surface area contributed by atoms with E-state index in [-0.39, 0.29) is 11.4 Å². The van der Waals surface area contributed by atoms with Crippen LogP contribution in [0.2, 0.25) is 0 Å². The summed E-state index contributed by atoms with van der Waals surface area (Å²) in [5, 5.41) is 3.46. The van der Waals surface area contributed by atoms with Crippen LogP contribution < -0.4 is 5.32 Å². The summed E-state index contributed by atoms with van der Waals surface area (Å²) in [6.07, 6.45) is 3.04. The summed E-state index contributed by atoms with van der Waals surface area (Å²) >= 11 is 0. The van der Waals surface area contributed by atoms with Crippen LogP contribution in [0.5, 0.6) is 0 Å². The molecule has 1 nitrogen and oxygen atoms in total. The second kappa shape index (κ2) is 6.14. The highest BCUT2D eigenvalue weighted by Gasteiger charge is 2.08. The maximum atomic E-state index is 13.5. The Morgan fingerprint density at radius 2 is 2.00 bits per heavy atom. The third-order valence-corrected chi connectivity index (χ3v) is 2.87. The standard InChI is InChI=1S/C16H24FN/c1-6-13(11-18-16(3,4)5)9-14-8-7-12(2)15(17)10-14/h7-10,18H,6,11H2,1-5H3. The van der Waals surface area contributed by atoms with Gasteiger partial charge in [-0.05, 0) is 51.3 Å². The van der Waals surface area contributed by atoms with E-state index in [1.807, 2.05) is 12.1 Å². The lowest BCUT2D eigenvalue weighted by molar-refractivity contribution is 0.443. The molecule has 0 atom stereocenters. The monoisotopic (exact) mass is 249 g/mol. The van der Waals surface area contributed by atoms with E-state index >= 15 is 0 Å². The van der Waals surface area contributed by atoms with Crippen molar-refractivity contribution < 1.29 is 4.39 Å². The number of aryl methyl sites for hydroxylation is 1. The fourth-order valence-electron chi connectivity index (χ4n) is 1.59. The molecule has 0 fully saturated rings. The highest BCUT2D eigenvalue weighted by Crippen LogP contribution is 2.14. The van der Waals surface area contributed by atoms with E-state index in [4.69, 9.17) is 0 Å². The molecule has 100 valence electrons. The number of halogens is 1. The maximum absolute atomic E-state index is 13.5. The zero-order chi connectivity index (χ0) is 13.8. The van der Waals surface area contributed by atoms with Crippen molar-refractivity contribution in [2.24, 2.45) is 0 Å². The summed E-state index contributed by atoms with van der Waals surface area (Å²) in [5.41, 5.74) is 3.02. The molecule has 0 radical (unpaired) electrons. The summed E-state index contributed by atoms with van der Waals surface area (Å²) in [7, 11) is 0. The average molecular weight is 249 g/mol. The van der Waals surface area contributed by atoms with Crippen molar-refractivity contribution in [2.75, 3.05) is 6.54 Å². The molecule has 0 aliphatic heterocycles. The van der Waals surface area contributed by atoms with Gasteiger partial charge in [-0.15, -0.1) is 0 Å². The van der Waals surface area contributed by atoms with Gasteiger partial charge in [-0.2, -0.15) is 0 Å². The normalized spacial score (nSPS) is 12.9. The van der Waals surface area contributed by atoms with Crippen LogP contribution >= 0.6 is 0 Å². The van der Waals surface area contributed by atoms with E-state index in [0.717, 1.165) is 18.5 Å². The molecule has 2 heteroatoms. The fraction of sp³-hybridized carbons (Fsp3) is 0.500. The van der Waals surface area contributed by atoms with E-state index in [1.165, 1.54) is 5.57 Å². The van der Waals surface area contributed by atoms with E-state index in [2.05, 4.69) is 39.1 Å². The topological polar surface area (TPSA) is 12.0 Å². The predicted octanol–water partition coefficient (Wildman–Crippen LogP) is 4.32. The van der Waals surface area contributed by atoms with Crippen molar-refractivity contribution in [3.05, 3.63) is 40.7 Å². The lowest BCUT2D eigenvalue weighted by Gasteiger charge is -2.21. The van der Waals surface area contributed by atoms with Crippen molar-refractivity contribution in [1.29, 1.82) is 0 Å². The van der Waals surface area contributed by atoms with Gasteiger partial charge < -0.3 is 5.32 Å². The van der Waals surface area contributed by atoms with Crippen LogP contribution in [-0.2, 0) is 0 Å². The van der Waals surface area contributed by atoms with Crippen LogP contribution in [0.1, 0.15) is 45.2 Å². The zero-order valence-corrected chi connectivity index (χ0v) is 12.1. The Hall–Kier alpha value is -1.15. The van der Waals surface area contributed by atoms with Crippen LogP contribution in [-0.4, -0.2) is 12.1 Å². The second-order valence-electron chi connectivity index (χ2n) is 5.77. The lowest BCUT2D eigenvalue weighted by Crippen LogP contribution is -2.36. The number of benzene rings is 1. The van der Waals surface area contributed by atoms with Crippen LogP contribution in [0, 0.1) is 12.7 Å². The third-order valence-electron chi connectivity index (χ3n) is 2.87. The lowest BCUT2D eigenvalue weighted by atomic mass is 10.0. The first-order valence-electron chi connectivity index (χ1n) is 6.52. The number of rotatable bonds is 4. The van der Waals surface area contributed by atoms with E-state index < -0.39 is 0 Å². The first-order chi connectivity index (χ1) is 8.31. The molecule has 0 heterocycles. The predicted molar refractivity (Wildman–Crippen MR) is 77.2 cm³/mol. The van der Waals surface area contributed by atoms with E-state index in [1.54, 1.807) is 13.0 Å². The molecule has 0 bridgehead atoms. The van der Waals surface area contributed by atoms with Crippen molar-refractivity contribution >= 4 is 6.08 Å². The summed E-state index contributed by atoms with van der Waals surface area (Å²) < 4.78 is 13.5. The van der Waals surface area contributed by atoms with Crippen LogP contribution in [0.15, 0.2) is 23.8 Å². The highest BCUT2D eigenvalue weighted by molar-refractivity contribution is 5.53. The average Bonchev–Trinajstić information content (AvgIpc) is 2.28. The summed E-state index contributed by atoms with van der Waals surface area (Å²) in [6.45, 7) is 11.2. The maximum Gasteiger partial charge on any atom is 0.126 e. The van der Waals surface area contributed by atoms with Gasteiger partial charge in [-0.3, -0.25) is 0 Å². The summed E-state index contributed by atoms with van der Waals surface area (Å²) in [5.74, 6) is -0.136. The Morgan fingerprint density at radius 1 is 1.33 bits per heavy atom. The molecule has 0 saturated carbocycles. The smallest absolute Gasteiger partial charge is 0.126 e. The minimum absolute atomic E-state index is 0.104. The van der Waals surface area contributed by atoms with Crippen molar-refractivity contribution in [3.8, 4) is 0 Å². The van der Waals surface area contributed by atoms with Gasteiger partial charge >= 0.3 is 0 Å². The number of hydrogen-bond acceptors (Lipinski definition) is 1. The van der Waals surface area contributed by atoms with Gasteiger partial charge in [0.15, 0.2) is 0 Å². The molecule has 0 aliphatic rings. The van der Waals surface area contributed by atoms with Gasteiger partial charge in [-0.25, -0.2) is 4.39 Å². The Balaban J connectivity index is 2.80. The molecule has 0 aliphatic carbocycles. The van der Waals surface area contributed by atoms with Crippen molar-refractivity contribution in [2.45, 2.75) is 46.6 Å². The van der Waals surface area contributed by atoms with Gasteiger partial charge in [0.25, 0.3) is 0 Å². The van der Waals surface area contributed by atoms with Gasteiger partial charge in [0.1, 0.15) is 5.82 Å². The third kappa shape index (κ3) is 5.01. The molecule has 1 rings (SSSR count). The van der Waals surface area contributed by atoms with Crippen LogP contribution in [0.3, 0.4) is 0 Å². The fourth-order valence-corrected chi connectivity index (χ4v) is 1.59. The summed E-state index contributed by atoms with van der Waals surface area (Å²) in [6, 6.07) is 5.39. The van der Waals surface area contributed by atoms with Crippen LogP contribution in [0.25, 0.3) is 6.08 Å². The number of hydrogen-bond donors (Lipinski definition) is 1. The molecule has 0 aromatic heterocycles. The Bertz CT molecular complexity index is 427. The van der Waals surface area contributed by atoms with Crippen molar-refractivity contribution in [1.82, 2.24) is 5.32 Å². The molecule has 1 aromatic rings.